The van der Waals surface area contributed by atoms with Gasteiger partial charge in [0, 0.05) is 19.2 Å². The maximum atomic E-state index is 5.73. The van der Waals surface area contributed by atoms with Gasteiger partial charge in [-0.1, -0.05) is 45.0 Å². The van der Waals surface area contributed by atoms with E-state index in [-0.39, 0.29) is 24.0 Å². The van der Waals surface area contributed by atoms with E-state index in [1.165, 1.54) is 17.5 Å². The van der Waals surface area contributed by atoms with E-state index in [9.17, 15) is 0 Å². The zero-order valence-corrected chi connectivity index (χ0v) is 21.5. The van der Waals surface area contributed by atoms with Crippen molar-refractivity contribution in [3.8, 4) is 0 Å². The summed E-state index contributed by atoms with van der Waals surface area (Å²) in [4.78, 5) is 7.29. The van der Waals surface area contributed by atoms with E-state index < -0.39 is 0 Å². The monoisotopic (exact) mass is 518 g/mol. The number of ether oxygens (including phenoxy) is 1. The average molecular weight is 519 g/mol. The van der Waals surface area contributed by atoms with Crippen molar-refractivity contribution < 1.29 is 4.74 Å². The fourth-order valence-corrected chi connectivity index (χ4v) is 3.13. The molecule has 6 heteroatoms. The first-order valence-electron chi connectivity index (χ1n) is 11.1. The van der Waals surface area contributed by atoms with E-state index in [0.717, 1.165) is 51.6 Å². The number of benzene rings is 1. The molecular weight excluding hydrogens is 475 g/mol. The normalized spacial score (nSPS) is 12.6. The first-order chi connectivity index (χ1) is 13.6. The minimum absolute atomic E-state index is 0. The van der Waals surface area contributed by atoms with Crippen molar-refractivity contribution in [2.45, 2.75) is 73.1 Å². The maximum absolute atomic E-state index is 5.73. The second kappa shape index (κ2) is 18.0. The first-order valence-corrected chi connectivity index (χ1v) is 11.1. The molecule has 0 aliphatic carbocycles. The minimum Gasteiger partial charge on any atom is -0.377 e. The Morgan fingerprint density at radius 3 is 2.41 bits per heavy atom. The smallest absolute Gasteiger partial charge is 0.191 e. The Morgan fingerprint density at radius 1 is 1.10 bits per heavy atom. The summed E-state index contributed by atoms with van der Waals surface area (Å²) in [5.74, 6) is 0.891. The number of nitrogens with one attached hydrogen (secondary N) is 2. The molecule has 0 aliphatic rings. The number of nitrogens with zero attached hydrogens (tertiary/aromatic N) is 2. The van der Waals surface area contributed by atoms with Crippen LogP contribution in [0, 0.1) is 0 Å². The van der Waals surface area contributed by atoms with Gasteiger partial charge in [-0.3, -0.25) is 0 Å². The zero-order valence-electron chi connectivity index (χ0n) is 19.2. The van der Waals surface area contributed by atoms with Crippen LogP contribution in [0.25, 0.3) is 0 Å². The zero-order chi connectivity index (χ0) is 20.6. The van der Waals surface area contributed by atoms with Gasteiger partial charge >= 0.3 is 0 Å². The van der Waals surface area contributed by atoms with E-state index in [1.807, 2.05) is 0 Å². The highest BCUT2D eigenvalue weighted by Crippen LogP contribution is 2.12. The van der Waals surface area contributed by atoms with Crippen LogP contribution >= 0.6 is 24.0 Å². The standard InChI is InChI=1S/C23H42N4O.HI/c1-6-17-28-19-22-15-11-10-14-21(22)18-25-23(24-7-2)26-20(5)13-12-16-27(8-3)9-4;/h10-11,14-15,20H,6-9,12-13,16-19H2,1-5H3,(H2,24,25,26);1H. The number of hydrogen-bond acceptors (Lipinski definition) is 3. The van der Waals surface area contributed by atoms with E-state index in [0.29, 0.717) is 19.2 Å². The van der Waals surface area contributed by atoms with Gasteiger partial charge in [0.15, 0.2) is 5.96 Å². The summed E-state index contributed by atoms with van der Waals surface area (Å²) in [6, 6.07) is 8.82. The summed E-state index contributed by atoms with van der Waals surface area (Å²) in [6.07, 6.45) is 3.39. The second-order valence-corrected chi connectivity index (χ2v) is 7.23. The quantitative estimate of drug-likeness (QED) is 0.161. The molecule has 0 aliphatic heterocycles. The summed E-state index contributed by atoms with van der Waals surface area (Å²) < 4.78 is 5.73. The molecule has 29 heavy (non-hydrogen) atoms. The largest absolute Gasteiger partial charge is 0.377 e. The Morgan fingerprint density at radius 2 is 1.79 bits per heavy atom. The van der Waals surface area contributed by atoms with Crippen molar-refractivity contribution in [2.24, 2.45) is 4.99 Å². The SMILES string of the molecule is CCCOCc1ccccc1CN=C(NCC)NC(C)CCCN(CC)CC.I. The van der Waals surface area contributed by atoms with Gasteiger partial charge in [0.2, 0.25) is 0 Å². The fraction of sp³-hybridized carbons (Fsp3) is 0.696. The van der Waals surface area contributed by atoms with Crippen LogP contribution in [0.3, 0.4) is 0 Å². The Balaban J connectivity index is 0.00000784. The van der Waals surface area contributed by atoms with Crippen molar-refractivity contribution in [1.29, 1.82) is 0 Å². The Labute approximate surface area is 196 Å². The molecule has 1 unspecified atom stereocenters. The van der Waals surface area contributed by atoms with Crippen LogP contribution in [0.4, 0.5) is 0 Å². The number of rotatable bonds is 14. The molecule has 0 fully saturated rings. The van der Waals surface area contributed by atoms with E-state index >= 15 is 0 Å². The second-order valence-electron chi connectivity index (χ2n) is 7.23. The molecule has 0 heterocycles. The van der Waals surface area contributed by atoms with Crippen LogP contribution in [-0.2, 0) is 17.9 Å². The highest BCUT2D eigenvalue weighted by Gasteiger charge is 2.07. The lowest BCUT2D eigenvalue weighted by Gasteiger charge is -2.21. The van der Waals surface area contributed by atoms with Crippen LogP contribution in [0.1, 0.15) is 65.0 Å². The fourth-order valence-electron chi connectivity index (χ4n) is 3.13. The topological polar surface area (TPSA) is 48.9 Å². The van der Waals surface area contributed by atoms with Gasteiger partial charge < -0.3 is 20.3 Å². The Hall–Kier alpha value is -0.860. The molecule has 1 rings (SSSR count). The van der Waals surface area contributed by atoms with Gasteiger partial charge in [-0.15, -0.1) is 24.0 Å². The van der Waals surface area contributed by atoms with Crippen molar-refractivity contribution in [1.82, 2.24) is 15.5 Å². The van der Waals surface area contributed by atoms with Crippen LogP contribution in [-0.4, -0.2) is 49.7 Å². The lowest BCUT2D eigenvalue weighted by Crippen LogP contribution is -2.42. The third-order valence-electron chi connectivity index (χ3n) is 4.87. The molecule has 168 valence electrons. The predicted octanol–water partition coefficient (Wildman–Crippen LogP) is 4.80. The van der Waals surface area contributed by atoms with Gasteiger partial charge in [0.25, 0.3) is 0 Å². The molecule has 0 radical (unpaired) electrons. The average Bonchev–Trinajstić information content (AvgIpc) is 2.70. The van der Waals surface area contributed by atoms with Crippen LogP contribution < -0.4 is 10.6 Å². The van der Waals surface area contributed by atoms with Gasteiger partial charge in [-0.2, -0.15) is 0 Å². The van der Waals surface area contributed by atoms with Crippen LogP contribution in [0.15, 0.2) is 29.3 Å². The van der Waals surface area contributed by atoms with Crippen LogP contribution in [0.2, 0.25) is 0 Å². The molecule has 0 saturated heterocycles. The Bertz CT molecular complexity index is 549. The molecule has 2 N–H and O–H groups in total. The third kappa shape index (κ3) is 12.4. The van der Waals surface area contributed by atoms with Crippen molar-refractivity contribution in [3.05, 3.63) is 35.4 Å². The number of guanidine groups is 1. The molecule has 1 atom stereocenters. The Kier molecular flexibility index (Phi) is 17.4. The van der Waals surface area contributed by atoms with Gasteiger partial charge in [-0.25, -0.2) is 4.99 Å². The summed E-state index contributed by atoms with van der Waals surface area (Å²) in [6.45, 7) is 17.3. The van der Waals surface area contributed by atoms with E-state index in [4.69, 9.17) is 9.73 Å². The summed E-state index contributed by atoms with van der Waals surface area (Å²) in [7, 11) is 0. The van der Waals surface area contributed by atoms with Crippen molar-refractivity contribution >= 4 is 29.9 Å². The minimum atomic E-state index is 0. The maximum Gasteiger partial charge on any atom is 0.191 e. The highest BCUT2D eigenvalue weighted by molar-refractivity contribution is 14.0. The van der Waals surface area contributed by atoms with E-state index in [2.05, 4.69) is 74.4 Å². The first kappa shape index (κ1) is 28.1. The lowest BCUT2D eigenvalue weighted by molar-refractivity contribution is 0.121. The molecule has 1 aromatic rings. The summed E-state index contributed by atoms with van der Waals surface area (Å²) >= 11 is 0. The van der Waals surface area contributed by atoms with E-state index in [1.54, 1.807) is 0 Å². The lowest BCUT2D eigenvalue weighted by atomic mass is 10.1. The van der Waals surface area contributed by atoms with Crippen molar-refractivity contribution in [3.63, 3.8) is 0 Å². The molecule has 0 saturated carbocycles. The van der Waals surface area contributed by atoms with Gasteiger partial charge in [-0.05, 0) is 63.9 Å². The molecule has 0 aromatic heterocycles. The van der Waals surface area contributed by atoms with Crippen LogP contribution in [0.5, 0.6) is 0 Å². The molecule has 0 spiro atoms. The predicted molar refractivity (Wildman–Crippen MR) is 136 cm³/mol. The number of hydrogen-bond donors (Lipinski definition) is 2. The molecule has 0 amide bonds. The molecule has 1 aromatic carbocycles. The third-order valence-corrected chi connectivity index (χ3v) is 4.87. The summed E-state index contributed by atoms with van der Waals surface area (Å²) in [5.41, 5.74) is 2.45. The van der Waals surface area contributed by atoms with Gasteiger partial charge in [0.05, 0.1) is 13.2 Å². The highest BCUT2D eigenvalue weighted by atomic mass is 127. The molecule has 5 nitrogen and oxygen atoms in total. The molecular formula is C23H43IN4O. The number of aliphatic imine (C=N–C) groups is 1. The van der Waals surface area contributed by atoms with Gasteiger partial charge in [0.1, 0.15) is 0 Å². The molecule has 0 bridgehead atoms. The number of halogens is 1. The summed E-state index contributed by atoms with van der Waals surface area (Å²) in [5, 5.41) is 6.93. The van der Waals surface area contributed by atoms with Crippen molar-refractivity contribution in [2.75, 3.05) is 32.8 Å².